The lowest BCUT2D eigenvalue weighted by Crippen LogP contribution is -2.37. The Labute approximate surface area is 97.2 Å². The van der Waals surface area contributed by atoms with Crippen LogP contribution >= 0.6 is 0 Å². The van der Waals surface area contributed by atoms with Crippen molar-refractivity contribution in [1.29, 1.82) is 0 Å². The van der Waals surface area contributed by atoms with Crippen molar-refractivity contribution in [2.75, 3.05) is 11.9 Å². The maximum atomic E-state index is 11.6. The highest BCUT2D eigenvalue weighted by Crippen LogP contribution is 2.16. The van der Waals surface area contributed by atoms with E-state index in [2.05, 4.69) is 23.6 Å². The molecule has 0 aromatic heterocycles. The van der Waals surface area contributed by atoms with Gasteiger partial charge in [0.2, 0.25) is 5.91 Å². The van der Waals surface area contributed by atoms with Crippen LogP contribution in [0.2, 0.25) is 0 Å². The van der Waals surface area contributed by atoms with Gasteiger partial charge in [0.15, 0.2) is 0 Å². The summed E-state index contributed by atoms with van der Waals surface area (Å²) < 4.78 is 0. The number of aryl methyl sites for hydroxylation is 2. The van der Waals surface area contributed by atoms with E-state index in [1.165, 1.54) is 5.56 Å². The van der Waals surface area contributed by atoms with Crippen LogP contribution in [0.4, 0.5) is 5.69 Å². The van der Waals surface area contributed by atoms with Crippen LogP contribution in [0.3, 0.4) is 0 Å². The molecule has 2 N–H and O–H groups in total. The topological polar surface area (TPSA) is 41.1 Å². The van der Waals surface area contributed by atoms with Crippen LogP contribution in [0.25, 0.3) is 0 Å². The zero-order valence-electron chi connectivity index (χ0n) is 10.4. The van der Waals surface area contributed by atoms with E-state index in [0.717, 1.165) is 11.3 Å². The molecule has 0 aliphatic carbocycles. The Morgan fingerprint density at radius 1 is 1.38 bits per heavy atom. The number of likely N-dealkylation sites (N-methyl/N-ethyl adjacent to an activating group) is 1. The van der Waals surface area contributed by atoms with Crippen molar-refractivity contribution in [2.45, 2.75) is 33.7 Å². The van der Waals surface area contributed by atoms with Crippen LogP contribution in [0.15, 0.2) is 18.2 Å². The molecule has 0 bridgehead atoms. The van der Waals surface area contributed by atoms with E-state index in [1.54, 1.807) is 0 Å². The molecule has 0 heterocycles. The molecule has 0 saturated carbocycles. The summed E-state index contributed by atoms with van der Waals surface area (Å²) in [5.41, 5.74) is 3.41. The molecule has 0 aliphatic rings. The molecule has 3 nitrogen and oxygen atoms in total. The number of amides is 1. The van der Waals surface area contributed by atoms with Gasteiger partial charge in [0.25, 0.3) is 0 Å². The Hall–Kier alpha value is -1.51. The van der Waals surface area contributed by atoms with E-state index in [-0.39, 0.29) is 11.9 Å². The van der Waals surface area contributed by atoms with Gasteiger partial charge in [-0.25, -0.2) is 0 Å². The third-order valence-corrected chi connectivity index (χ3v) is 2.50. The zero-order valence-corrected chi connectivity index (χ0v) is 10.4. The molecule has 1 aromatic carbocycles. The first-order valence-electron chi connectivity index (χ1n) is 5.66. The SMILES string of the molecule is CCNC(=O)C(C)Nc1ccc(C)cc1C. The lowest BCUT2D eigenvalue weighted by molar-refractivity contribution is -0.121. The summed E-state index contributed by atoms with van der Waals surface area (Å²) in [7, 11) is 0. The number of rotatable bonds is 4. The van der Waals surface area contributed by atoms with Crippen LogP contribution in [0, 0.1) is 13.8 Å². The van der Waals surface area contributed by atoms with Gasteiger partial charge in [-0.1, -0.05) is 17.7 Å². The molecule has 0 fully saturated rings. The molecule has 1 rings (SSSR count). The fourth-order valence-electron chi connectivity index (χ4n) is 1.60. The second kappa shape index (κ2) is 5.54. The van der Waals surface area contributed by atoms with Gasteiger partial charge in [0.05, 0.1) is 0 Å². The standard InChI is InChI=1S/C13H20N2O/c1-5-14-13(16)11(4)15-12-7-6-9(2)8-10(12)3/h6-8,11,15H,5H2,1-4H3,(H,14,16). The number of carbonyl (C=O) groups excluding carboxylic acids is 1. The van der Waals surface area contributed by atoms with Gasteiger partial charge < -0.3 is 10.6 Å². The average Bonchev–Trinajstić information content (AvgIpc) is 2.22. The Bertz CT molecular complexity index is 374. The summed E-state index contributed by atoms with van der Waals surface area (Å²) in [6, 6.07) is 5.95. The number of nitrogens with one attached hydrogen (secondary N) is 2. The van der Waals surface area contributed by atoms with Crippen LogP contribution in [0.5, 0.6) is 0 Å². The average molecular weight is 220 g/mol. The molecule has 0 spiro atoms. The summed E-state index contributed by atoms with van der Waals surface area (Å²) >= 11 is 0. The third kappa shape index (κ3) is 3.26. The minimum Gasteiger partial charge on any atom is -0.374 e. The van der Waals surface area contributed by atoms with Gasteiger partial charge in [-0.15, -0.1) is 0 Å². The fourth-order valence-corrected chi connectivity index (χ4v) is 1.60. The quantitative estimate of drug-likeness (QED) is 0.817. The van der Waals surface area contributed by atoms with Crippen LogP contribution in [0.1, 0.15) is 25.0 Å². The Balaban J connectivity index is 2.69. The molecule has 16 heavy (non-hydrogen) atoms. The Morgan fingerprint density at radius 3 is 2.62 bits per heavy atom. The molecule has 1 amide bonds. The molecule has 1 unspecified atom stereocenters. The summed E-state index contributed by atoms with van der Waals surface area (Å²) in [6.07, 6.45) is 0. The van der Waals surface area contributed by atoms with Crippen LogP contribution in [-0.2, 0) is 4.79 Å². The number of anilines is 1. The summed E-state index contributed by atoms with van der Waals surface area (Å²) in [5.74, 6) is 0.0301. The van der Waals surface area contributed by atoms with Crippen molar-refractivity contribution < 1.29 is 4.79 Å². The first-order valence-corrected chi connectivity index (χ1v) is 5.66. The van der Waals surface area contributed by atoms with E-state index < -0.39 is 0 Å². The highest BCUT2D eigenvalue weighted by Gasteiger charge is 2.11. The van der Waals surface area contributed by atoms with E-state index in [1.807, 2.05) is 32.9 Å². The molecule has 3 heteroatoms. The third-order valence-electron chi connectivity index (χ3n) is 2.50. The van der Waals surface area contributed by atoms with Gasteiger partial charge in [-0.3, -0.25) is 4.79 Å². The summed E-state index contributed by atoms with van der Waals surface area (Å²) in [5, 5.41) is 6.00. The number of hydrogen-bond donors (Lipinski definition) is 2. The number of benzene rings is 1. The molecule has 88 valence electrons. The number of hydrogen-bond acceptors (Lipinski definition) is 2. The normalized spacial score (nSPS) is 12.0. The minimum absolute atomic E-state index is 0.0301. The van der Waals surface area contributed by atoms with Crippen molar-refractivity contribution in [3.05, 3.63) is 29.3 Å². The number of carbonyl (C=O) groups is 1. The van der Waals surface area contributed by atoms with Crippen molar-refractivity contribution >= 4 is 11.6 Å². The monoisotopic (exact) mass is 220 g/mol. The van der Waals surface area contributed by atoms with Crippen molar-refractivity contribution in [3.63, 3.8) is 0 Å². The van der Waals surface area contributed by atoms with Crippen LogP contribution in [-0.4, -0.2) is 18.5 Å². The van der Waals surface area contributed by atoms with Gasteiger partial charge >= 0.3 is 0 Å². The highest BCUT2D eigenvalue weighted by molar-refractivity contribution is 5.84. The largest absolute Gasteiger partial charge is 0.374 e. The van der Waals surface area contributed by atoms with E-state index in [0.29, 0.717) is 6.54 Å². The first-order chi connectivity index (χ1) is 7.54. The van der Waals surface area contributed by atoms with Gasteiger partial charge in [0.1, 0.15) is 6.04 Å². The van der Waals surface area contributed by atoms with Crippen LogP contribution < -0.4 is 10.6 Å². The Kier molecular flexibility index (Phi) is 4.35. The molecular formula is C13H20N2O. The highest BCUT2D eigenvalue weighted by atomic mass is 16.2. The molecule has 1 aromatic rings. The van der Waals surface area contributed by atoms with Crippen molar-refractivity contribution in [2.24, 2.45) is 0 Å². The fraction of sp³-hybridized carbons (Fsp3) is 0.462. The smallest absolute Gasteiger partial charge is 0.242 e. The molecular weight excluding hydrogens is 200 g/mol. The molecule has 0 aliphatic heterocycles. The molecule has 0 radical (unpaired) electrons. The van der Waals surface area contributed by atoms with Gasteiger partial charge in [-0.2, -0.15) is 0 Å². The summed E-state index contributed by atoms with van der Waals surface area (Å²) in [4.78, 5) is 11.6. The maximum Gasteiger partial charge on any atom is 0.242 e. The van der Waals surface area contributed by atoms with E-state index in [9.17, 15) is 4.79 Å². The predicted octanol–water partition coefficient (Wildman–Crippen LogP) is 2.24. The lowest BCUT2D eigenvalue weighted by Gasteiger charge is -2.16. The second-order valence-corrected chi connectivity index (χ2v) is 4.08. The van der Waals surface area contributed by atoms with E-state index >= 15 is 0 Å². The van der Waals surface area contributed by atoms with Crippen molar-refractivity contribution in [1.82, 2.24) is 5.32 Å². The van der Waals surface area contributed by atoms with Gasteiger partial charge in [-0.05, 0) is 39.3 Å². The van der Waals surface area contributed by atoms with Gasteiger partial charge in [0, 0.05) is 12.2 Å². The van der Waals surface area contributed by atoms with Crippen molar-refractivity contribution in [3.8, 4) is 0 Å². The Morgan fingerprint density at radius 2 is 2.06 bits per heavy atom. The minimum atomic E-state index is -0.207. The first kappa shape index (κ1) is 12.6. The predicted molar refractivity (Wildman–Crippen MR) is 67.7 cm³/mol. The lowest BCUT2D eigenvalue weighted by atomic mass is 10.1. The maximum absolute atomic E-state index is 11.6. The summed E-state index contributed by atoms with van der Waals surface area (Å²) in [6.45, 7) is 8.55. The van der Waals surface area contributed by atoms with E-state index in [4.69, 9.17) is 0 Å². The zero-order chi connectivity index (χ0) is 12.1. The molecule has 0 saturated heterocycles. The second-order valence-electron chi connectivity index (χ2n) is 4.08. The molecule has 1 atom stereocenters.